The van der Waals surface area contributed by atoms with E-state index in [9.17, 15) is 5.11 Å². The number of aliphatic hydroxyl groups excluding tert-OH is 1. The van der Waals surface area contributed by atoms with Gasteiger partial charge in [0.1, 0.15) is 0 Å². The van der Waals surface area contributed by atoms with Crippen LogP contribution in [0.15, 0.2) is 72.8 Å². The minimum atomic E-state index is -1.59. The van der Waals surface area contributed by atoms with Crippen LogP contribution in [0.4, 0.5) is 0 Å². The summed E-state index contributed by atoms with van der Waals surface area (Å²) in [4.78, 5) is 0. The highest BCUT2D eigenvalue weighted by molar-refractivity contribution is 6.90. The third-order valence-corrected chi connectivity index (χ3v) is 8.34. The Hall–Kier alpha value is -1.64. The molecular weight excluding hydrogens is 320 g/mol. The van der Waals surface area contributed by atoms with Crippen molar-refractivity contribution in [2.75, 3.05) is 6.61 Å². The monoisotopic (exact) mass is 352 g/mol. The third kappa shape index (κ3) is 5.42. The zero-order valence-corrected chi connectivity index (χ0v) is 17.1. The van der Waals surface area contributed by atoms with E-state index < -0.39 is 8.07 Å². The lowest BCUT2D eigenvalue weighted by molar-refractivity contribution is 0.145. The maximum atomic E-state index is 9.76. The molecule has 1 atom stereocenters. The normalized spacial score (nSPS) is 13.5. The largest absolute Gasteiger partial charge is 0.396 e. The van der Waals surface area contributed by atoms with Crippen LogP contribution in [0.3, 0.4) is 0 Å². The molecule has 0 saturated carbocycles. The van der Waals surface area contributed by atoms with E-state index >= 15 is 0 Å². The second-order valence-corrected chi connectivity index (χ2v) is 13.3. The molecule has 2 aromatic carbocycles. The van der Waals surface area contributed by atoms with Crippen LogP contribution in [0.1, 0.15) is 31.7 Å². The summed E-state index contributed by atoms with van der Waals surface area (Å²) in [5.74, 6) is 0.291. The van der Waals surface area contributed by atoms with Gasteiger partial charge in [-0.25, -0.2) is 0 Å². The van der Waals surface area contributed by atoms with Gasteiger partial charge in [0.05, 0.1) is 8.07 Å². The fourth-order valence-electron chi connectivity index (χ4n) is 3.48. The number of rotatable bonds is 8. The van der Waals surface area contributed by atoms with Crippen LogP contribution in [0.25, 0.3) is 0 Å². The van der Waals surface area contributed by atoms with Gasteiger partial charge in [0.25, 0.3) is 0 Å². The van der Waals surface area contributed by atoms with E-state index in [-0.39, 0.29) is 12.0 Å². The fourth-order valence-corrected chi connectivity index (χ4v) is 6.16. The second-order valence-electron chi connectivity index (χ2n) is 8.57. The quantitative estimate of drug-likeness (QED) is 0.501. The summed E-state index contributed by atoms with van der Waals surface area (Å²) in [6, 6.07) is 22.6. The van der Waals surface area contributed by atoms with Gasteiger partial charge < -0.3 is 5.11 Å². The van der Waals surface area contributed by atoms with E-state index in [1.807, 2.05) is 0 Å². The van der Waals surface area contributed by atoms with Crippen LogP contribution < -0.4 is 5.19 Å². The third-order valence-electron chi connectivity index (χ3n) is 5.10. The lowest BCUT2D eigenvalue weighted by Crippen LogP contribution is -2.41. The van der Waals surface area contributed by atoms with E-state index in [0.717, 1.165) is 12.5 Å². The zero-order chi connectivity index (χ0) is 18.5. The summed E-state index contributed by atoms with van der Waals surface area (Å²) in [6.07, 6.45) is 0.922. The first-order valence-corrected chi connectivity index (χ1v) is 12.3. The number of aliphatic hydroxyl groups is 1. The van der Waals surface area contributed by atoms with Crippen molar-refractivity contribution in [1.29, 1.82) is 0 Å². The highest BCUT2D eigenvalue weighted by Crippen LogP contribution is 2.38. The number of hydrogen-bond donors (Lipinski definition) is 1. The minimum absolute atomic E-state index is 0.109. The van der Waals surface area contributed by atoms with Crippen molar-refractivity contribution in [1.82, 2.24) is 0 Å². The molecule has 1 unspecified atom stereocenters. The Labute approximate surface area is 154 Å². The molecule has 134 valence electrons. The van der Waals surface area contributed by atoms with Gasteiger partial charge >= 0.3 is 0 Å². The second kappa shape index (κ2) is 8.16. The zero-order valence-electron chi connectivity index (χ0n) is 16.1. The van der Waals surface area contributed by atoms with Gasteiger partial charge in [0.2, 0.25) is 0 Å². The Bertz CT molecular complexity index is 674. The maximum Gasteiger partial charge on any atom is 0.0846 e. The van der Waals surface area contributed by atoms with Crippen molar-refractivity contribution in [3.8, 4) is 0 Å². The Morgan fingerprint density at radius 1 is 1.00 bits per heavy atom. The standard InChI is InChI=1S/C23H32OSi/c1-19(17-25(4,5)21-14-10-7-11-15-21)22(16-23(2,3)18-24)20-12-8-6-9-13-20/h6-15,22,24H,1,16-18H2,2-5H3. The molecule has 0 saturated heterocycles. The Kier molecular flexibility index (Phi) is 6.42. The first kappa shape index (κ1) is 19.7. The lowest BCUT2D eigenvalue weighted by Gasteiger charge is -2.33. The number of allylic oxidation sites excluding steroid dienone is 1. The van der Waals surface area contributed by atoms with Gasteiger partial charge in [0.15, 0.2) is 0 Å². The van der Waals surface area contributed by atoms with E-state index in [0.29, 0.717) is 5.92 Å². The molecule has 25 heavy (non-hydrogen) atoms. The van der Waals surface area contributed by atoms with Crippen molar-refractivity contribution in [3.05, 3.63) is 78.4 Å². The highest BCUT2D eigenvalue weighted by Gasteiger charge is 2.30. The summed E-state index contributed by atoms with van der Waals surface area (Å²) in [7, 11) is -1.59. The molecule has 2 heteroatoms. The van der Waals surface area contributed by atoms with Crippen molar-refractivity contribution in [2.24, 2.45) is 5.41 Å². The molecular formula is C23H32OSi. The van der Waals surface area contributed by atoms with Crippen LogP contribution in [0.5, 0.6) is 0 Å². The van der Waals surface area contributed by atoms with Gasteiger partial charge in [-0.3, -0.25) is 0 Å². The minimum Gasteiger partial charge on any atom is -0.396 e. The summed E-state index contributed by atoms with van der Waals surface area (Å²) >= 11 is 0. The lowest BCUT2D eigenvalue weighted by atomic mass is 9.78. The van der Waals surface area contributed by atoms with Gasteiger partial charge in [-0.2, -0.15) is 0 Å². The Morgan fingerprint density at radius 3 is 2.04 bits per heavy atom. The highest BCUT2D eigenvalue weighted by atomic mass is 28.3. The molecule has 0 fully saturated rings. The average molecular weight is 353 g/mol. The van der Waals surface area contributed by atoms with Crippen molar-refractivity contribution in [2.45, 2.75) is 45.3 Å². The van der Waals surface area contributed by atoms with Crippen LogP contribution >= 0.6 is 0 Å². The topological polar surface area (TPSA) is 20.2 Å². The molecule has 0 amide bonds. The molecule has 0 aliphatic heterocycles. The van der Waals surface area contributed by atoms with Crippen molar-refractivity contribution >= 4 is 13.3 Å². The van der Waals surface area contributed by atoms with Crippen molar-refractivity contribution < 1.29 is 5.11 Å². The van der Waals surface area contributed by atoms with Gasteiger partial charge in [0, 0.05) is 12.5 Å². The summed E-state index contributed by atoms with van der Waals surface area (Å²) in [5, 5.41) is 11.2. The predicted molar refractivity (Wildman–Crippen MR) is 112 cm³/mol. The summed E-state index contributed by atoms with van der Waals surface area (Å²) in [6.45, 7) is 13.8. The predicted octanol–water partition coefficient (Wildman–Crippen LogP) is 5.35. The van der Waals surface area contributed by atoms with Gasteiger partial charge in [-0.15, -0.1) is 0 Å². The first-order valence-electron chi connectivity index (χ1n) is 9.14. The molecule has 0 spiro atoms. The van der Waals surface area contributed by atoms with E-state index in [1.165, 1.54) is 16.3 Å². The maximum absolute atomic E-state index is 9.76. The van der Waals surface area contributed by atoms with E-state index in [4.69, 9.17) is 0 Å². The van der Waals surface area contributed by atoms with Crippen LogP contribution in [-0.4, -0.2) is 19.8 Å². The summed E-state index contributed by atoms with van der Waals surface area (Å²) in [5.41, 5.74) is 2.50. The summed E-state index contributed by atoms with van der Waals surface area (Å²) < 4.78 is 0. The van der Waals surface area contributed by atoms with Crippen LogP contribution in [-0.2, 0) is 0 Å². The average Bonchev–Trinajstić information content (AvgIpc) is 2.61. The Balaban J connectivity index is 2.26. The molecule has 2 aromatic rings. The molecule has 0 aliphatic rings. The molecule has 1 nitrogen and oxygen atoms in total. The van der Waals surface area contributed by atoms with Crippen molar-refractivity contribution in [3.63, 3.8) is 0 Å². The van der Waals surface area contributed by atoms with Crippen LogP contribution in [0, 0.1) is 5.41 Å². The smallest absolute Gasteiger partial charge is 0.0846 e. The van der Waals surface area contributed by atoms with Gasteiger partial charge in [-0.1, -0.05) is 105 Å². The SMILES string of the molecule is C=C(C[Si](C)(C)c1ccccc1)C(CC(C)(C)CO)c1ccccc1. The van der Waals surface area contributed by atoms with Crippen LogP contribution in [0.2, 0.25) is 19.1 Å². The Morgan fingerprint density at radius 2 is 1.52 bits per heavy atom. The molecule has 0 aromatic heterocycles. The van der Waals surface area contributed by atoms with Gasteiger partial charge in [-0.05, 0) is 23.4 Å². The van der Waals surface area contributed by atoms with E-state index in [1.54, 1.807) is 0 Å². The first-order chi connectivity index (χ1) is 11.7. The molecule has 2 rings (SSSR count). The number of hydrogen-bond acceptors (Lipinski definition) is 1. The molecule has 0 aliphatic carbocycles. The molecule has 0 radical (unpaired) electrons. The molecule has 1 N–H and O–H groups in total. The number of benzene rings is 2. The fraction of sp³-hybridized carbons (Fsp3) is 0.391. The van der Waals surface area contributed by atoms with E-state index in [2.05, 4.69) is 94.2 Å². The molecule has 0 bridgehead atoms. The molecule has 0 heterocycles.